The summed E-state index contributed by atoms with van der Waals surface area (Å²) in [6, 6.07) is 11.4. The molecule has 3 atom stereocenters. The van der Waals surface area contributed by atoms with Gasteiger partial charge in [0.25, 0.3) is 5.91 Å². The molecule has 3 aliphatic rings. The number of carbonyl (C=O) groups excluding carboxylic acids is 2. The van der Waals surface area contributed by atoms with Crippen LogP contribution in [0.1, 0.15) is 59.0 Å². The SMILES string of the molecule is CCOc1cc2oc(-c3ccc(F)cc3)c(C(=O)NC)c2cc1-c1cnc(C)c(C(=O)CC23CC4CC42C3)c1. The molecule has 2 heterocycles. The van der Waals surface area contributed by atoms with E-state index in [-0.39, 0.29) is 22.9 Å². The Labute approximate surface area is 225 Å². The summed E-state index contributed by atoms with van der Waals surface area (Å²) in [6.07, 6.45) is 6.03. The van der Waals surface area contributed by atoms with Crippen molar-refractivity contribution in [3.8, 4) is 28.2 Å². The quantitative estimate of drug-likeness (QED) is 0.258. The van der Waals surface area contributed by atoms with Crippen LogP contribution in [0.3, 0.4) is 0 Å². The van der Waals surface area contributed by atoms with Gasteiger partial charge in [0.2, 0.25) is 0 Å². The molecule has 2 aromatic heterocycles. The van der Waals surface area contributed by atoms with E-state index in [1.165, 1.54) is 31.4 Å². The molecule has 0 radical (unpaired) electrons. The van der Waals surface area contributed by atoms with Crippen LogP contribution in [0.2, 0.25) is 0 Å². The topological polar surface area (TPSA) is 81.4 Å². The molecule has 1 N–H and O–H groups in total. The van der Waals surface area contributed by atoms with Crippen LogP contribution in [-0.2, 0) is 0 Å². The Bertz CT molecular complexity index is 1690. The molecule has 0 aliphatic heterocycles. The summed E-state index contributed by atoms with van der Waals surface area (Å²) in [4.78, 5) is 31.1. The summed E-state index contributed by atoms with van der Waals surface area (Å²) >= 11 is 0. The summed E-state index contributed by atoms with van der Waals surface area (Å²) in [5, 5.41) is 3.28. The zero-order chi connectivity index (χ0) is 27.1. The maximum absolute atomic E-state index is 13.6. The van der Waals surface area contributed by atoms with E-state index in [4.69, 9.17) is 9.15 Å². The molecular formula is C32H29FN2O4. The number of fused-ring (bicyclic) bond motifs is 1. The minimum Gasteiger partial charge on any atom is -0.493 e. The zero-order valence-corrected chi connectivity index (χ0v) is 22.2. The molecule has 198 valence electrons. The predicted molar refractivity (Wildman–Crippen MR) is 145 cm³/mol. The number of benzene rings is 2. The Morgan fingerprint density at radius 1 is 1.15 bits per heavy atom. The number of aryl methyl sites for hydroxylation is 1. The maximum atomic E-state index is 13.6. The molecule has 6 nitrogen and oxygen atoms in total. The predicted octanol–water partition coefficient (Wildman–Crippen LogP) is 6.74. The van der Waals surface area contributed by atoms with Gasteiger partial charge in [0, 0.05) is 59.1 Å². The number of nitrogens with one attached hydrogen (secondary N) is 1. The standard InChI is InChI=1S/C32H29FN2O4/c1-4-38-26-11-27-24(28(30(37)34-3)29(39-27)18-5-7-21(33)8-6-18)10-23(26)19-9-22(17(2)35-15-19)25(36)14-31-12-20-13-32(20,31)16-31/h5-11,15,20H,4,12-14,16H2,1-3H3,(H,34,37). The normalized spacial score (nSPS) is 23.9. The summed E-state index contributed by atoms with van der Waals surface area (Å²) in [5.41, 5.74) is 4.95. The van der Waals surface area contributed by atoms with E-state index in [1.54, 1.807) is 31.4 Å². The van der Waals surface area contributed by atoms with Crippen LogP contribution in [0.5, 0.6) is 5.75 Å². The molecule has 7 rings (SSSR count). The van der Waals surface area contributed by atoms with Gasteiger partial charge in [-0.2, -0.15) is 0 Å². The van der Waals surface area contributed by atoms with Gasteiger partial charge < -0.3 is 14.5 Å². The summed E-state index contributed by atoms with van der Waals surface area (Å²) < 4.78 is 25.8. The van der Waals surface area contributed by atoms with E-state index in [9.17, 15) is 14.0 Å². The van der Waals surface area contributed by atoms with Gasteiger partial charge in [0.05, 0.1) is 12.2 Å². The molecule has 3 saturated carbocycles. The van der Waals surface area contributed by atoms with Gasteiger partial charge >= 0.3 is 0 Å². The van der Waals surface area contributed by atoms with E-state index in [0.717, 1.165) is 17.0 Å². The fourth-order valence-corrected chi connectivity index (χ4v) is 7.15. The zero-order valence-electron chi connectivity index (χ0n) is 22.2. The first-order valence-electron chi connectivity index (χ1n) is 13.5. The molecule has 1 spiro atoms. The van der Waals surface area contributed by atoms with E-state index >= 15 is 0 Å². The highest BCUT2D eigenvalue weighted by molar-refractivity contribution is 6.12. The lowest BCUT2D eigenvalue weighted by Crippen LogP contribution is -2.21. The third-order valence-electron chi connectivity index (χ3n) is 9.30. The number of nitrogens with zero attached hydrogens (tertiary/aromatic N) is 1. The van der Waals surface area contributed by atoms with E-state index in [1.807, 2.05) is 26.0 Å². The molecule has 39 heavy (non-hydrogen) atoms. The first-order chi connectivity index (χ1) is 18.8. The smallest absolute Gasteiger partial charge is 0.255 e. The highest BCUT2D eigenvalue weighted by Gasteiger charge is 2.88. The lowest BCUT2D eigenvalue weighted by atomic mass is 9.79. The fraction of sp³-hybridized carbons (Fsp3) is 0.344. The van der Waals surface area contributed by atoms with Crippen LogP contribution < -0.4 is 10.1 Å². The number of halogens is 1. The Hall–Kier alpha value is -4.00. The number of aromatic nitrogens is 1. The molecule has 7 heteroatoms. The summed E-state index contributed by atoms with van der Waals surface area (Å²) in [5.74, 6) is 1.23. The third-order valence-corrected chi connectivity index (χ3v) is 9.30. The van der Waals surface area contributed by atoms with Gasteiger partial charge in [-0.05, 0) is 86.3 Å². The van der Waals surface area contributed by atoms with E-state index in [2.05, 4.69) is 10.3 Å². The molecule has 0 saturated heterocycles. The minimum atomic E-state index is -0.375. The summed E-state index contributed by atoms with van der Waals surface area (Å²) in [6.45, 7) is 4.19. The molecule has 0 bridgehead atoms. The number of hydrogen-bond donors (Lipinski definition) is 1. The Balaban J connectivity index is 1.34. The number of ketones is 1. The fourth-order valence-electron chi connectivity index (χ4n) is 7.15. The Morgan fingerprint density at radius 2 is 1.95 bits per heavy atom. The van der Waals surface area contributed by atoms with Crippen molar-refractivity contribution in [2.45, 2.75) is 39.5 Å². The van der Waals surface area contributed by atoms with E-state index < -0.39 is 0 Å². The second kappa shape index (κ2) is 8.25. The molecule has 3 unspecified atom stereocenters. The van der Waals surface area contributed by atoms with E-state index in [0.29, 0.717) is 63.3 Å². The number of furan rings is 1. The van der Waals surface area contributed by atoms with Crippen LogP contribution in [0.15, 0.2) is 53.1 Å². The lowest BCUT2D eigenvalue weighted by molar-refractivity contribution is 0.0918. The third kappa shape index (κ3) is 3.48. The van der Waals surface area contributed by atoms with Crippen molar-refractivity contribution in [2.24, 2.45) is 16.7 Å². The lowest BCUT2D eigenvalue weighted by Gasteiger charge is -2.24. The Morgan fingerprint density at radius 3 is 2.59 bits per heavy atom. The molecule has 2 aromatic carbocycles. The molecule has 4 aromatic rings. The first-order valence-corrected chi connectivity index (χ1v) is 13.5. The van der Waals surface area contributed by atoms with Gasteiger partial charge in [-0.15, -0.1) is 0 Å². The molecule has 1 amide bonds. The number of carbonyl (C=O) groups is 2. The maximum Gasteiger partial charge on any atom is 0.255 e. The van der Waals surface area contributed by atoms with Gasteiger partial charge in [0.15, 0.2) is 5.78 Å². The molecular weight excluding hydrogens is 495 g/mol. The Kier molecular flexibility index (Phi) is 5.09. The van der Waals surface area contributed by atoms with Crippen molar-refractivity contribution in [3.05, 3.63) is 71.3 Å². The largest absolute Gasteiger partial charge is 0.493 e. The average molecular weight is 525 g/mol. The monoisotopic (exact) mass is 524 g/mol. The number of pyridine rings is 1. The average Bonchev–Trinajstić information content (AvgIpc) is 3.59. The first kappa shape index (κ1) is 24.1. The number of amides is 1. The van der Waals surface area contributed by atoms with Crippen molar-refractivity contribution in [3.63, 3.8) is 0 Å². The van der Waals surface area contributed by atoms with Crippen molar-refractivity contribution < 1.29 is 23.1 Å². The summed E-state index contributed by atoms with van der Waals surface area (Å²) in [7, 11) is 1.56. The van der Waals surface area contributed by atoms with Crippen molar-refractivity contribution >= 4 is 22.7 Å². The van der Waals surface area contributed by atoms with Gasteiger partial charge in [-0.25, -0.2) is 4.39 Å². The van der Waals surface area contributed by atoms with Gasteiger partial charge in [0.1, 0.15) is 22.9 Å². The van der Waals surface area contributed by atoms with Crippen LogP contribution in [0, 0.1) is 29.5 Å². The molecule has 3 fully saturated rings. The molecule has 3 aliphatic carbocycles. The van der Waals surface area contributed by atoms with Gasteiger partial charge in [-0.3, -0.25) is 14.6 Å². The van der Waals surface area contributed by atoms with Crippen LogP contribution in [0.25, 0.3) is 33.4 Å². The van der Waals surface area contributed by atoms with Crippen molar-refractivity contribution in [1.29, 1.82) is 0 Å². The number of rotatable bonds is 8. The minimum absolute atomic E-state index is 0.149. The highest BCUT2D eigenvalue weighted by atomic mass is 19.1. The second-order valence-corrected chi connectivity index (χ2v) is 11.3. The van der Waals surface area contributed by atoms with Crippen LogP contribution in [-0.4, -0.2) is 30.3 Å². The second-order valence-electron chi connectivity index (χ2n) is 11.3. The van der Waals surface area contributed by atoms with Crippen LogP contribution in [0.4, 0.5) is 4.39 Å². The van der Waals surface area contributed by atoms with Crippen LogP contribution >= 0.6 is 0 Å². The van der Waals surface area contributed by atoms with Crippen molar-refractivity contribution in [1.82, 2.24) is 10.3 Å². The van der Waals surface area contributed by atoms with Crippen molar-refractivity contribution in [2.75, 3.05) is 13.7 Å². The number of ether oxygens (including phenoxy) is 1. The highest BCUT2D eigenvalue weighted by Crippen LogP contribution is 2.95. The van der Waals surface area contributed by atoms with Gasteiger partial charge in [-0.1, -0.05) is 0 Å². The number of hydrogen-bond acceptors (Lipinski definition) is 5. The number of Topliss-reactive ketones (excluding diaryl/α,β-unsaturated/α-hetero) is 1.